The van der Waals surface area contributed by atoms with E-state index < -0.39 is 0 Å². The minimum Gasteiger partial charge on any atom is -0.324 e. The van der Waals surface area contributed by atoms with Crippen molar-refractivity contribution in [2.24, 2.45) is 0 Å². The lowest BCUT2D eigenvalue weighted by atomic mass is 9.96. The third-order valence-corrected chi connectivity index (χ3v) is 5.62. The smallest absolute Gasteiger partial charge is 0.321 e. The molecule has 2 aliphatic heterocycles. The summed E-state index contributed by atoms with van der Waals surface area (Å²) in [6.07, 6.45) is 3.15. The van der Waals surface area contributed by atoms with E-state index in [1.165, 1.54) is 0 Å². The first-order valence-electron chi connectivity index (χ1n) is 9.88. The van der Waals surface area contributed by atoms with Gasteiger partial charge in [0.2, 0.25) is 5.91 Å². The second kappa shape index (κ2) is 7.61. The van der Waals surface area contributed by atoms with E-state index in [0.29, 0.717) is 31.1 Å². The molecule has 148 valence electrons. The molecule has 8 heteroatoms. The number of aryl methyl sites for hydroxylation is 1. The number of carbonyl (C=O) groups is 2. The van der Waals surface area contributed by atoms with E-state index in [1.54, 1.807) is 0 Å². The maximum absolute atomic E-state index is 12.7. The molecule has 1 aromatic carbocycles. The number of rotatable bonds is 3. The number of nitrogens with zero attached hydrogens (tertiary/aromatic N) is 4. The highest BCUT2D eigenvalue weighted by atomic mass is 16.2. The Morgan fingerprint density at radius 3 is 2.68 bits per heavy atom. The molecule has 0 unspecified atom stereocenters. The first-order chi connectivity index (χ1) is 13.5. The van der Waals surface area contributed by atoms with Crippen LogP contribution in [0.2, 0.25) is 0 Å². The van der Waals surface area contributed by atoms with Gasteiger partial charge in [-0.3, -0.25) is 9.89 Å². The topological polar surface area (TPSA) is 94.2 Å². The van der Waals surface area contributed by atoms with Crippen LogP contribution in [0.15, 0.2) is 24.3 Å². The molecule has 4 rings (SSSR count). The van der Waals surface area contributed by atoms with Crippen molar-refractivity contribution in [3.63, 3.8) is 0 Å². The van der Waals surface area contributed by atoms with Gasteiger partial charge in [0.25, 0.3) is 0 Å². The van der Waals surface area contributed by atoms with Gasteiger partial charge in [-0.25, -0.2) is 9.78 Å². The first-order valence-corrected chi connectivity index (χ1v) is 9.88. The zero-order valence-electron chi connectivity index (χ0n) is 16.3. The largest absolute Gasteiger partial charge is 0.324 e. The van der Waals surface area contributed by atoms with Gasteiger partial charge in [-0.2, -0.15) is 5.10 Å². The number of benzene rings is 1. The van der Waals surface area contributed by atoms with Crippen LogP contribution in [0, 0.1) is 6.92 Å². The molecule has 0 aliphatic carbocycles. The van der Waals surface area contributed by atoms with Crippen LogP contribution in [-0.2, 0) is 4.79 Å². The molecular weight excluding hydrogens is 356 g/mol. The van der Waals surface area contributed by atoms with Gasteiger partial charge in [-0.05, 0) is 51.3 Å². The van der Waals surface area contributed by atoms with Gasteiger partial charge in [0.15, 0.2) is 5.82 Å². The van der Waals surface area contributed by atoms with Gasteiger partial charge in [-0.1, -0.05) is 6.07 Å². The summed E-state index contributed by atoms with van der Waals surface area (Å²) in [6, 6.07) is 7.61. The SMILES string of the molecule is Cc1nc(C2CCN(C(=O)Nc3cccc(N4C(=O)CC[C@H]4C)c3)CC2)n[nH]1. The molecule has 2 N–H and O–H groups in total. The first kappa shape index (κ1) is 18.5. The highest BCUT2D eigenvalue weighted by molar-refractivity contribution is 5.97. The molecule has 0 bridgehead atoms. The van der Waals surface area contributed by atoms with Crippen LogP contribution in [0.3, 0.4) is 0 Å². The fraction of sp³-hybridized carbons (Fsp3) is 0.500. The Morgan fingerprint density at radius 2 is 2.04 bits per heavy atom. The molecule has 2 fully saturated rings. The van der Waals surface area contributed by atoms with Crippen LogP contribution < -0.4 is 10.2 Å². The molecule has 0 radical (unpaired) electrons. The van der Waals surface area contributed by atoms with E-state index in [4.69, 9.17) is 0 Å². The lowest BCUT2D eigenvalue weighted by Crippen LogP contribution is -2.40. The van der Waals surface area contributed by atoms with E-state index in [1.807, 2.05) is 41.0 Å². The van der Waals surface area contributed by atoms with Crippen LogP contribution in [0.5, 0.6) is 0 Å². The maximum Gasteiger partial charge on any atom is 0.321 e. The summed E-state index contributed by atoms with van der Waals surface area (Å²) in [7, 11) is 0. The normalized spacial score (nSPS) is 20.6. The van der Waals surface area contributed by atoms with Gasteiger partial charge in [-0.15, -0.1) is 0 Å². The summed E-state index contributed by atoms with van der Waals surface area (Å²) < 4.78 is 0. The van der Waals surface area contributed by atoms with Crippen molar-refractivity contribution < 1.29 is 9.59 Å². The van der Waals surface area contributed by atoms with Crippen molar-refractivity contribution in [2.45, 2.75) is 51.5 Å². The average molecular weight is 382 g/mol. The summed E-state index contributed by atoms with van der Waals surface area (Å²) in [5, 5.41) is 10.1. The molecule has 3 amide bonds. The quantitative estimate of drug-likeness (QED) is 0.853. The number of hydrogen-bond donors (Lipinski definition) is 2. The van der Waals surface area contributed by atoms with Gasteiger partial charge in [0, 0.05) is 42.8 Å². The van der Waals surface area contributed by atoms with Gasteiger partial charge >= 0.3 is 6.03 Å². The van der Waals surface area contributed by atoms with Crippen LogP contribution in [0.1, 0.15) is 50.2 Å². The summed E-state index contributed by atoms with van der Waals surface area (Å²) in [5.74, 6) is 2.09. The number of H-pyrrole nitrogens is 1. The summed E-state index contributed by atoms with van der Waals surface area (Å²) in [4.78, 5) is 32.9. The second-order valence-corrected chi connectivity index (χ2v) is 7.67. The van der Waals surface area contributed by atoms with Gasteiger partial charge in [0.05, 0.1) is 0 Å². The Hall–Kier alpha value is -2.90. The number of likely N-dealkylation sites (tertiary alicyclic amines) is 1. The highest BCUT2D eigenvalue weighted by Crippen LogP contribution is 2.29. The van der Waals surface area contributed by atoms with E-state index in [0.717, 1.165) is 36.6 Å². The monoisotopic (exact) mass is 382 g/mol. The number of urea groups is 1. The Morgan fingerprint density at radius 1 is 1.25 bits per heavy atom. The lowest BCUT2D eigenvalue weighted by molar-refractivity contribution is -0.117. The number of amides is 3. The molecule has 1 atom stereocenters. The predicted molar refractivity (Wildman–Crippen MR) is 106 cm³/mol. The van der Waals surface area contributed by atoms with Crippen LogP contribution in [0.4, 0.5) is 16.2 Å². The minimum absolute atomic E-state index is 0.109. The maximum atomic E-state index is 12.7. The molecular formula is C20H26N6O2. The predicted octanol–water partition coefficient (Wildman–Crippen LogP) is 3.04. The highest BCUT2D eigenvalue weighted by Gasteiger charge is 2.29. The number of aromatic nitrogens is 3. The van der Waals surface area contributed by atoms with Crippen LogP contribution in [0.25, 0.3) is 0 Å². The van der Waals surface area contributed by atoms with E-state index in [-0.39, 0.29) is 18.0 Å². The zero-order chi connectivity index (χ0) is 19.7. The van der Waals surface area contributed by atoms with Crippen molar-refractivity contribution in [3.05, 3.63) is 35.9 Å². The molecule has 2 saturated heterocycles. The average Bonchev–Trinajstić information content (AvgIpc) is 3.27. The lowest BCUT2D eigenvalue weighted by Gasteiger charge is -2.31. The molecule has 28 heavy (non-hydrogen) atoms. The summed E-state index contributed by atoms with van der Waals surface area (Å²) in [6.45, 7) is 5.29. The third-order valence-electron chi connectivity index (χ3n) is 5.62. The Kier molecular flexibility index (Phi) is 5.02. The van der Waals surface area contributed by atoms with Crippen molar-refractivity contribution in [1.82, 2.24) is 20.1 Å². The molecule has 0 spiro atoms. The summed E-state index contributed by atoms with van der Waals surface area (Å²) in [5.41, 5.74) is 1.55. The Labute approximate surface area is 164 Å². The van der Waals surface area contributed by atoms with E-state index >= 15 is 0 Å². The van der Waals surface area contributed by atoms with Crippen LogP contribution >= 0.6 is 0 Å². The molecule has 1 aromatic heterocycles. The molecule has 3 heterocycles. The standard InChI is InChI=1S/C20H26N6O2/c1-13-6-7-18(27)26(13)17-5-3-4-16(12-17)22-20(28)25-10-8-15(9-11-25)19-21-14(2)23-24-19/h3-5,12-13,15H,6-11H2,1-2H3,(H,22,28)(H,21,23,24)/t13-/m1/s1. The zero-order valence-corrected chi connectivity index (χ0v) is 16.3. The molecule has 0 saturated carbocycles. The number of carbonyl (C=O) groups excluding carboxylic acids is 2. The van der Waals surface area contributed by atoms with Crippen molar-refractivity contribution in [2.75, 3.05) is 23.3 Å². The van der Waals surface area contributed by atoms with Gasteiger partial charge in [0.1, 0.15) is 5.82 Å². The van der Waals surface area contributed by atoms with E-state index in [9.17, 15) is 9.59 Å². The molecule has 2 aromatic rings. The Bertz CT molecular complexity index is 871. The number of piperidine rings is 1. The van der Waals surface area contributed by atoms with E-state index in [2.05, 4.69) is 27.4 Å². The second-order valence-electron chi connectivity index (χ2n) is 7.67. The van der Waals surface area contributed by atoms with Crippen LogP contribution in [-0.4, -0.2) is 51.2 Å². The minimum atomic E-state index is -0.109. The van der Waals surface area contributed by atoms with Crippen molar-refractivity contribution in [3.8, 4) is 0 Å². The fourth-order valence-corrected chi connectivity index (χ4v) is 4.05. The number of anilines is 2. The Balaban J connectivity index is 1.37. The van der Waals surface area contributed by atoms with Crippen molar-refractivity contribution >= 4 is 23.3 Å². The third kappa shape index (κ3) is 3.72. The van der Waals surface area contributed by atoms with Crippen molar-refractivity contribution in [1.29, 1.82) is 0 Å². The number of aromatic amines is 1. The fourth-order valence-electron chi connectivity index (χ4n) is 4.05. The molecule has 2 aliphatic rings. The van der Waals surface area contributed by atoms with Gasteiger partial charge < -0.3 is 15.1 Å². The number of hydrogen-bond acceptors (Lipinski definition) is 4. The molecule has 8 nitrogen and oxygen atoms in total. The number of nitrogens with one attached hydrogen (secondary N) is 2. The summed E-state index contributed by atoms with van der Waals surface area (Å²) >= 11 is 0.